The van der Waals surface area contributed by atoms with Gasteiger partial charge in [0, 0.05) is 22.9 Å². The zero-order valence-electron chi connectivity index (χ0n) is 17.6. The Balaban J connectivity index is 1.45. The van der Waals surface area contributed by atoms with Gasteiger partial charge < -0.3 is 9.15 Å². The molecule has 164 valence electrons. The van der Waals surface area contributed by atoms with Gasteiger partial charge in [-0.2, -0.15) is 0 Å². The number of para-hydroxylation sites is 1. The lowest BCUT2D eigenvalue weighted by Crippen LogP contribution is -2.28. The molecule has 8 heteroatoms. The van der Waals surface area contributed by atoms with E-state index in [9.17, 15) is 4.79 Å². The number of fused-ring (bicyclic) bond motifs is 1. The standard InChI is InChI=1S/C24H22ClN3O3S/c1-15-21(26-22(31-15)16-6-4-7-17(25)12-16)14-32-24-27-20-10-3-2-9-19(20)23(29)28(24)13-18-8-5-11-30-18/h2-4,6-7,9-10,12,18H,5,8,11,13-14H2,1H3. The van der Waals surface area contributed by atoms with Crippen molar-refractivity contribution in [1.82, 2.24) is 14.5 Å². The zero-order valence-corrected chi connectivity index (χ0v) is 19.2. The van der Waals surface area contributed by atoms with Crippen molar-refractivity contribution in [1.29, 1.82) is 0 Å². The molecule has 1 atom stereocenters. The minimum Gasteiger partial charge on any atom is -0.441 e. The van der Waals surface area contributed by atoms with Gasteiger partial charge in [0.25, 0.3) is 5.56 Å². The minimum atomic E-state index is -0.0370. The van der Waals surface area contributed by atoms with Crippen molar-refractivity contribution in [3.05, 3.63) is 75.4 Å². The highest BCUT2D eigenvalue weighted by atomic mass is 35.5. The molecule has 1 saturated heterocycles. The van der Waals surface area contributed by atoms with E-state index in [1.54, 1.807) is 4.57 Å². The van der Waals surface area contributed by atoms with E-state index >= 15 is 0 Å². The fourth-order valence-corrected chi connectivity index (χ4v) is 5.05. The quantitative estimate of drug-likeness (QED) is 0.276. The normalized spacial score (nSPS) is 16.1. The smallest absolute Gasteiger partial charge is 0.262 e. The highest BCUT2D eigenvalue weighted by Gasteiger charge is 2.21. The highest BCUT2D eigenvalue weighted by molar-refractivity contribution is 7.98. The molecule has 1 fully saturated rings. The average molecular weight is 468 g/mol. The number of benzene rings is 2. The van der Waals surface area contributed by atoms with Gasteiger partial charge in [-0.15, -0.1) is 0 Å². The topological polar surface area (TPSA) is 70.2 Å². The van der Waals surface area contributed by atoms with Crippen molar-refractivity contribution >= 4 is 34.3 Å². The molecule has 32 heavy (non-hydrogen) atoms. The van der Waals surface area contributed by atoms with Gasteiger partial charge >= 0.3 is 0 Å². The van der Waals surface area contributed by atoms with Crippen molar-refractivity contribution in [2.75, 3.05) is 6.61 Å². The fraction of sp³-hybridized carbons (Fsp3) is 0.292. The number of rotatable bonds is 6. The number of thioether (sulfide) groups is 1. The van der Waals surface area contributed by atoms with Crippen LogP contribution in [0.3, 0.4) is 0 Å². The largest absolute Gasteiger partial charge is 0.441 e. The van der Waals surface area contributed by atoms with Gasteiger partial charge in [0.05, 0.1) is 29.2 Å². The van der Waals surface area contributed by atoms with Crippen LogP contribution >= 0.6 is 23.4 Å². The molecule has 1 aliphatic rings. The summed E-state index contributed by atoms with van der Waals surface area (Å²) in [7, 11) is 0. The molecule has 0 N–H and O–H groups in total. The maximum Gasteiger partial charge on any atom is 0.262 e. The molecule has 6 nitrogen and oxygen atoms in total. The Bertz CT molecular complexity index is 1330. The Hall–Kier alpha value is -2.61. The lowest BCUT2D eigenvalue weighted by atomic mass is 10.2. The van der Waals surface area contributed by atoms with Crippen molar-refractivity contribution in [2.24, 2.45) is 0 Å². The van der Waals surface area contributed by atoms with Crippen molar-refractivity contribution < 1.29 is 9.15 Å². The third-order valence-corrected chi connectivity index (χ3v) is 6.76. The van der Waals surface area contributed by atoms with Crippen LogP contribution in [0, 0.1) is 6.92 Å². The molecule has 2 aromatic heterocycles. The Morgan fingerprint density at radius 3 is 2.88 bits per heavy atom. The van der Waals surface area contributed by atoms with Crippen LogP contribution in [0.5, 0.6) is 0 Å². The lowest BCUT2D eigenvalue weighted by molar-refractivity contribution is 0.0937. The van der Waals surface area contributed by atoms with E-state index in [-0.39, 0.29) is 11.7 Å². The third kappa shape index (κ3) is 4.33. The van der Waals surface area contributed by atoms with Crippen LogP contribution in [0.4, 0.5) is 0 Å². The molecule has 1 unspecified atom stereocenters. The van der Waals surface area contributed by atoms with Crippen LogP contribution < -0.4 is 5.56 Å². The molecule has 0 spiro atoms. The van der Waals surface area contributed by atoms with Gasteiger partial charge in [0.1, 0.15) is 5.76 Å². The number of hydrogen-bond acceptors (Lipinski definition) is 6. The molecule has 0 radical (unpaired) electrons. The Morgan fingerprint density at radius 1 is 1.19 bits per heavy atom. The van der Waals surface area contributed by atoms with Crippen molar-refractivity contribution in [2.45, 2.75) is 43.3 Å². The molecule has 5 rings (SSSR count). The highest BCUT2D eigenvalue weighted by Crippen LogP contribution is 2.29. The average Bonchev–Trinajstić information content (AvgIpc) is 3.44. The molecule has 0 bridgehead atoms. The van der Waals surface area contributed by atoms with E-state index in [1.165, 1.54) is 11.8 Å². The molecular weight excluding hydrogens is 446 g/mol. The van der Waals surface area contributed by atoms with E-state index in [1.807, 2.05) is 55.5 Å². The third-order valence-electron chi connectivity index (χ3n) is 5.54. The summed E-state index contributed by atoms with van der Waals surface area (Å²) in [6, 6.07) is 14.9. The second-order valence-electron chi connectivity index (χ2n) is 7.78. The van der Waals surface area contributed by atoms with Gasteiger partial charge in [-0.1, -0.05) is 41.6 Å². The van der Waals surface area contributed by atoms with Crippen LogP contribution in [0.25, 0.3) is 22.4 Å². The van der Waals surface area contributed by atoms with E-state index in [2.05, 4.69) is 4.98 Å². The molecule has 4 aromatic rings. The van der Waals surface area contributed by atoms with Crippen LogP contribution in [0.2, 0.25) is 5.02 Å². The number of oxazole rings is 1. The first-order valence-electron chi connectivity index (χ1n) is 10.5. The summed E-state index contributed by atoms with van der Waals surface area (Å²) in [5, 5.41) is 1.92. The van der Waals surface area contributed by atoms with Crippen molar-refractivity contribution in [3.8, 4) is 11.5 Å². The summed E-state index contributed by atoms with van der Waals surface area (Å²) in [6.07, 6.45) is 2.01. The lowest BCUT2D eigenvalue weighted by Gasteiger charge is -2.16. The second kappa shape index (κ2) is 9.10. The molecule has 3 heterocycles. The van der Waals surface area contributed by atoms with Gasteiger partial charge in [-0.25, -0.2) is 9.97 Å². The van der Waals surface area contributed by atoms with Crippen LogP contribution in [-0.4, -0.2) is 27.2 Å². The molecule has 0 saturated carbocycles. The predicted octanol–water partition coefficient (Wildman–Crippen LogP) is 5.48. The summed E-state index contributed by atoms with van der Waals surface area (Å²) in [5.41, 5.74) is 2.30. The fourth-order valence-electron chi connectivity index (χ4n) is 3.85. The molecule has 0 aliphatic carbocycles. The van der Waals surface area contributed by atoms with E-state index in [4.69, 9.17) is 25.7 Å². The van der Waals surface area contributed by atoms with Gasteiger partial charge in [0.15, 0.2) is 5.16 Å². The maximum absolute atomic E-state index is 13.2. The monoisotopic (exact) mass is 467 g/mol. The van der Waals surface area contributed by atoms with Crippen molar-refractivity contribution in [3.63, 3.8) is 0 Å². The Labute approximate surface area is 194 Å². The number of aromatic nitrogens is 3. The number of ether oxygens (including phenoxy) is 1. The summed E-state index contributed by atoms with van der Waals surface area (Å²) < 4.78 is 13.4. The molecule has 0 amide bonds. The van der Waals surface area contributed by atoms with Crippen LogP contribution in [-0.2, 0) is 17.0 Å². The summed E-state index contributed by atoms with van der Waals surface area (Å²) in [4.78, 5) is 22.7. The molecule has 2 aromatic carbocycles. The minimum absolute atomic E-state index is 0.0370. The second-order valence-corrected chi connectivity index (χ2v) is 9.16. The first-order chi connectivity index (χ1) is 15.6. The van der Waals surface area contributed by atoms with Crippen LogP contribution in [0.15, 0.2) is 62.9 Å². The predicted molar refractivity (Wildman–Crippen MR) is 126 cm³/mol. The van der Waals surface area contributed by atoms with Crippen LogP contribution in [0.1, 0.15) is 24.3 Å². The zero-order chi connectivity index (χ0) is 22.1. The van der Waals surface area contributed by atoms with E-state index < -0.39 is 0 Å². The number of nitrogens with zero attached hydrogens (tertiary/aromatic N) is 3. The maximum atomic E-state index is 13.2. The first-order valence-corrected chi connectivity index (χ1v) is 11.9. The summed E-state index contributed by atoms with van der Waals surface area (Å²) >= 11 is 7.59. The number of aryl methyl sites for hydroxylation is 1. The Morgan fingerprint density at radius 2 is 2.06 bits per heavy atom. The van der Waals surface area contributed by atoms with Gasteiger partial charge in [0.2, 0.25) is 5.89 Å². The SMILES string of the molecule is Cc1oc(-c2cccc(Cl)c2)nc1CSc1nc2ccccc2c(=O)n1CC1CCCO1. The van der Waals surface area contributed by atoms with Gasteiger partial charge in [-0.3, -0.25) is 9.36 Å². The summed E-state index contributed by atoms with van der Waals surface area (Å²) in [6.45, 7) is 3.14. The van der Waals surface area contributed by atoms with E-state index in [0.29, 0.717) is 39.3 Å². The van der Waals surface area contributed by atoms with E-state index in [0.717, 1.165) is 36.5 Å². The molecule has 1 aliphatic heterocycles. The van der Waals surface area contributed by atoms with Gasteiger partial charge in [-0.05, 0) is 50.1 Å². The Kier molecular flexibility index (Phi) is 6.04. The summed E-state index contributed by atoms with van der Waals surface area (Å²) in [5.74, 6) is 1.80. The molecular formula is C24H22ClN3O3S. The number of hydrogen-bond donors (Lipinski definition) is 0. The first kappa shape index (κ1) is 21.2. The number of halogens is 1.